The molecule has 0 aliphatic carbocycles. The van der Waals surface area contributed by atoms with Crippen LogP contribution in [0.2, 0.25) is 0 Å². The molecule has 0 aliphatic heterocycles. The van der Waals surface area contributed by atoms with E-state index in [2.05, 4.69) is 25.6 Å². The van der Waals surface area contributed by atoms with E-state index in [0.29, 0.717) is 22.1 Å². The summed E-state index contributed by atoms with van der Waals surface area (Å²) in [6.45, 7) is 3.66. The van der Waals surface area contributed by atoms with Gasteiger partial charge in [-0.05, 0) is 40.8 Å². The lowest BCUT2D eigenvalue weighted by atomic mass is 9.86. The van der Waals surface area contributed by atoms with Crippen molar-refractivity contribution in [1.82, 2.24) is 34.3 Å². The number of pyridine rings is 2. The van der Waals surface area contributed by atoms with Crippen molar-refractivity contribution in [2.24, 2.45) is 7.05 Å². The van der Waals surface area contributed by atoms with Gasteiger partial charge in [0.2, 0.25) is 0 Å². The van der Waals surface area contributed by atoms with Crippen LogP contribution in [0.15, 0.2) is 58.6 Å². The molecule has 1 N–H and O–H groups in total. The monoisotopic (exact) mass is 608 g/mol. The van der Waals surface area contributed by atoms with Crippen molar-refractivity contribution in [3.8, 4) is 16.9 Å². The smallest absolute Gasteiger partial charge is 0.348 e. The number of halogens is 3. The van der Waals surface area contributed by atoms with Crippen molar-refractivity contribution in [3.63, 3.8) is 0 Å². The number of hydrogen-bond donors (Lipinski definition) is 1. The molecule has 0 bridgehead atoms. The molecule has 228 valence electrons. The van der Waals surface area contributed by atoms with Gasteiger partial charge in [-0.3, -0.25) is 14.4 Å². The van der Waals surface area contributed by atoms with Crippen LogP contribution in [-0.2, 0) is 28.6 Å². The van der Waals surface area contributed by atoms with Gasteiger partial charge in [-0.1, -0.05) is 20.8 Å². The zero-order valence-corrected chi connectivity index (χ0v) is 24.3. The molecule has 44 heavy (non-hydrogen) atoms. The molecule has 0 saturated carbocycles. The van der Waals surface area contributed by atoms with Crippen LogP contribution in [0.25, 0.3) is 27.7 Å². The topological polar surface area (TPSA) is 139 Å². The number of carbonyl (C=O) groups is 1. The Balaban J connectivity index is 1.68. The van der Waals surface area contributed by atoms with Gasteiger partial charge in [-0.15, -0.1) is 9.90 Å². The summed E-state index contributed by atoms with van der Waals surface area (Å²) in [6, 6.07) is 6.03. The van der Waals surface area contributed by atoms with Crippen LogP contribution in [0.3, 0.4) is 0 Å². The fourth-order valence-electron chi connectivity index (χ4n) is 4.58. The summed E-state index contributed by atoms with van der Waals surface area (Å²) < 4.78 is 48.7. The second-order valence-corrected chi connectivity index (χ2v) is 11.0. The molecule has 4 heterocycles. The highest BCUT2D eigenvalue weighted by molar-refractivity contribution is 5.83. The maximum atomic E-state index is 15.4. The second kappa shape index (κ2) is 11.4. The van der Waals surface area contributed by atoms with Crippen molar-refractivity contribution < 1.29 is 22.7 Å². The summed E-state index contributed by atoms with van der Waals surface area (Å²) in [5, 5.41) is 14.2. The summed E-state index contributed by atoms with van der Waals surface area (Å²) in [4.78, 5) is 42.9. The number of nitrogens with one attached hydrogen (secondary N) is 1. The van der Waals surface area contributed by atoms with Gasteiger partial charge < -0.3 is 14.6 Å². The lowest BCUT2D eigenvalue weighted by Gasteiger charge is -2.20. The molecule has 0 atom stereocenters. The molecule has 0 unspecified atom stereocenters. The SMILES string of the molecule is CC(=O)OCc1c(-c2cc(Nc3cnn(C(F)F)n3)c(=O)n(C)c2)ccnc1-n1ncc2cc(C(C)(C)C)cc(F)c2c1=O. The summed E-state index contributed by atoms with van der Waals surface area (Å²) in [7, 11) is 1.48. The van der Waals surface area contributed by atoms with E-state index in [-0.39, 0.29) is 45.1 Å². The van der Waals surface area contributed by atoms with Crippen LogP contribution < -0.4 is 16.4 Å². The van der Waals surface area contributed by atoms with Gasteiger partial charge in [0, 0.05) is 42.9 Å². The molecule has 0 fully saturated rings. The first-order valence-corrected chi connectivity index (χ1v) is 13.3. The minimum atomic E-state index is -2.97. The number of fused-ring (bicyclic) bond motifs is 1. The Kier molecular flexibility index (Phi) is 7.80. The van der Waals surface area contributed by atoms with E-state index in [4.69, 9.17) is 4.74 Å². The quantitative estimate of drug-likeness (QED) is 0.267. The number of benzene rings is 1. The third-order valence-electron chi connectivity index (χ3n) is 6.80. The van der Waals surface area contributed by atoms with Crippen molar-refractivity contribution in [2.45, 2.75) is 46.3 Å². The molecule has 12 nitrogen and oxygen atoms in total. The largest absolute Gasteiger partial charge is 0.461 e. The number of anilines is 2. The van der Waals surface area contributed by atoms with E-state index < -0.39 is 29.5 Å². The number of hydrogen-bond acceptors (Lipinski definition) is 9. The third kappa shape index (κ3) is 5.80. The van der Waals surface area contributed by atoms with Gasteiger partial charge in [-0.25, -0.2) is 9.37 Å². The van der Waals surface area contributed by atoms with E-state index >= 15 is 4.39 Å². The Morgan fingerprint density at radius 3 is 2.50 bits per heavy atom. The Hall–Kier alpha value is -5.34. The summed E-state index contributed by atoms with van der Waals surface area (Å²) in [6.07, 6.45) is 5.27. The summed E-state index contributed by atoms with van der Waals surface area (Å²) in [5.74, 6) is -1.46. The molecule has 0 spiro atoms. The summed E-state index contributed by atoms with van der Waals surface area (Å²) in [5.41, 5.74) is 0.0260. The first-order valence-electron chi connectivity index (χ1n) is 13.3. The molecule has 15 heteroatoms. The second-order valence-electron chi connectivity index (χ2n) is 11.0. The van der Waals surface area contributed by atoms with Crippen LogP contribution in [0.1, 0.15) is 45.4 Å². The zero-order valence-electron chi connectivity index (χ0n) is 24.3. The molecule has 5 rings (SSSR count). The van der Waals surface area contributed by atoms with Crippen molar-refractivity contribution in [1.29, 1.82) is 0 Å². The lowest BCUT2D eigenvalue weighted by Crippen LogP contribution is -2.25. The fourth-order valence-corrected chi connectivity index (χ4v) is 4.58. The predicted octanol–water partition coefficient (Wildman–Crippen LogP) is 4.38. The van der Waals surface area contributed by atoms with Crippen LogP contribution in [0.4, 0.5) is 24.7 Å². The fraction of sp³-hybridized carbons (Fsp3) is 0.276. The van der Waals surface area contributed by atoms with Gasteiger partial charge in [0.1, 0.15) is 18.1 Å². The van der Waals surface area contributed by atoms with Crippen LogP contribution >= 0.6 is 0 Å². The number of rotatable bonds is 7. The lowest BCUT2D eigenvalue weighted by molar-refractivity contribution is -0.142. The highest BCUT2D eigenvalue weighted by Gasteiger charge is 2.22. The van der Waals surface area contributed by atoms with E-state index in [1.165, 1.54) is 49.3 Å². The Morgan fingerprint density at radius 1 is 1.09 bits per heavy atom. The molecule has 1 aromatic carbocycles. The van der Waals surface area contributed by atoms with Crippen LogP contribution in [-0.4, -0.2) is 40.3 Å². The Labute approximate surface area is 247 Å². The molecular weight excluding hydrogens is 581 g/mol. The summed E-state index contributed by atoms with van der Waals surface area (Å²) >= 11 is 0. The standard InChI is InChI=1S/C29H27F3N8O4/c1-15(41)44-14-20-19(17-9-22(26(42)38(5)13-17)36-23-12-35-40(37-23)28(31)32)6-7-33-25(20)39-27(43)24-16(11-34-39)8-18(10-21(24)30)29(2,3)4/h6-13,28H,14H2,1-5H3,(H,36,37). The molecular formula is C29H27F3N8O4. The highest BCUT2D eigenvalue weighted by Crippen LogP contribution is 2.30. The average Bonchev–Trinajstić information content (AvgIpc) is 3.42. The third-order valence-corrected chi connectivity index (χ3v) is 6.80. The molecule has 0 aliphatic rings. The number of alkyl halides is 2. The van der Waals surface area contributed by atoms with Gasteiger partial charge >= 0.3 is 12.5 Å². The number of aromatic nitrogens is 7. The van der Waals surface area contributed by atoms with Crippen molar-refractivity contribution in [3.05, 3.63) is 86.7 Å². The molecule has 0 amide bonds. The average molecular weight is 609 g/mol. The van der Waals surface area contributed by atoms with Gasteiger partial charge in [0.05, 0.1) is 17.8 Å². The number of aryl methyl sites for hydroxylation is 1. The van der Waals surface area contributed by atoms with Crippen molar-refractivity contribution >= 4 is 28.2 Å². The maximum absolute atomic E-state index is 15.4. The highest BCUT2D eigenvalue weighted by atomic mass is 19.3. The Morgan fingerprint density at radius 2 is 1.84 bits per heavy atom. The number of nitrogens with zero attached hydrogens (tertiary/aromatic N) is 7. The van der Waals surface area contributed by atoms with Crippen LogP contribution in [0, 0.1) is 5.82 Å². The predicted molar refractivity (Wildman–Crippen MR) is 154 cm³/mol. The number of esters is 1. The molecule has 5 aromatic rings. The minimum absolute atomic E-state index is 0.0270. The van der Waals surface area contributed by atoms with E-state index in [1.807, 2.05) is 20.8 Å². The van der Waals surface area contributed by atoms with Gasteiger partial charge in [-0.2, -0.15) is 23.7 Å². The zero-order chi connectivity index (χ0) is 31.9. The molecule has 0 radical (unpaired) electrons. The Bertz CT molecular complexity index is 2030. The maximum Gasteiger partial charge on any atom is 0.348 e. The molecule has 0 saturated heterocycles. The van der Waals surface area contributed by atoms with Crippen LogP contribution in [0.5, 0.6) is 0 Å². The first-order chi connectivity index (χ1) is 20.7. The molecule has 4 aromatic heterocycles. The van der Waals surface area contributed by atoms with E-state index in [1.54, 1.807) is 12.1 Å². The van der Waals surface area contributed by atoms with E-state index in [9.17, 15) is 23.2 Å². The van der Waals surface area contributed by atoms with Gasteiger partial charge in [0.25, 0.3) is 11.1 Å². The normalized spacial score (nSPS) is 11.8. The number of carbonyl (C=O) groups excluding carboxylic acids is 1. The van der Waals surface area contributed by atoms with E-state index in [0.717, 1.165) is 10.9 Å². The minimum Gasteiger partial charge on any atom is -0.461 e. The first kappa shape index (κ1) is 30.1. The van der Waals surface area contributed by atoms with Gasteiger partial charge in [0.15, 0.2) is 11.6 Å². The van der Waals surface area contributed by atoms with Crippen molar-refractivity contribution in [2.75, 3.05) is 5.32 Å². The number of ether oxygens (including phenoxy) is 1.